The van der Waals surface area contributed by atoms with E-state index in [9.17, 15) is 0 Å². The van der Waals surface area contributed by atoms with Crippen LogP contribution in [0.1, 0.15) is 16.8 Å². The number of hydrogen-bond donors (Lipinski definition) is 0. The minimum Gasteiger partial charge on any atom is -0.233 e. The lowest BCUT2D eigenvalue weighted by Gasteiger charge is -2.07. The molecule has 0 saturated heterocycles. The summed E-state index contributed by atoms with van der Waals surface area (Å²) in [6.07, 6.45) is 0. The Balaban J connectivity index is 1.81. The summed E-state index contributed by atoms with van der Waals surface area (Å²) >= 11 is 7.68. The molecule has 3 rings (SSSR count). The first-order valence-electron chi connectivity index (χ1n) is 7.40. The third-order valence-corrected chi connectivity index (χ3v) is 4.64. The first-order chi connectivity index (χ1) is 11.1. The van der Waals surface area contributed by atoms with Gasteiger partial charge in [0.25, 0.3) is 0 Å². The summed E-state index contributed by atoms with van der Waals surface area (Å²) in [5.74, 6) is 1.64. The molecule has 1 aromatic heterocycles. The monoisotopic (exact) mass is 340 g/mol. The average Bonchev–Trinajstić information content (AvgIpc) is 2.53. The molecule has 4 heteroatoms. The number of nitrogens with zero attached hydrogens (tertiary/aromatic N) is 2. The van der Waals surface area contributed by atoms with E-state index in [0.29, 0.717) is 0 Å². The predicted molar refractivity (Wildman–Crippen MR) is 98.0 cm³/mol. The number of aromatic nitrogens is 2. The Labute approximate surface area is 146 Å². The number of aryl methyl sites for hydroxylation is 2. The van der Waals surface area contributed by atoms with Crippen LogP contribution in [0.2, 0.25) is 5.02 Å². The fourth-order valence-corrected chi connectivity index (χ4v) is 3.33. The Morgan fingerprint density at radius 3 is 2.48 bits per heavy atom. The van der Waals surface area contributed by atoms with Crippen LogP contribution in [0.15, 0.2) is 59.6 Å². The second-order valence-electron chi connectivity index (χ2n) is 5.46. The van der Waals surface area contributed by atoms with Crippen molar-refractivity contribution >= 4 is 23.4 Å². The first kappa shape index (κ1) is 16.0. The van der Waals surface area contributed by atoms with Crippen LogP contribution in [-0.4, -0.2) is 9.97 Å². The maximum atomic E-state index is 5.95. The van der Waals surface area contributed by atoms with Crippen molar-refractivity contribution in [2.24, 2.45) is 0 Å². The minimum absolute atomic E-state index is 0.718. The van der Waals surface area contributed by atoms with Gasteiger partial charge >= 0.3 is 0 Å². The lowest BCUT2D eigenvalue weighted by atomic mass is 10.2. The van der Waals surface area contributed by atoms with Crippen LogP contribution in [-0.2, 0) is 5.75 Å². The number of thioether (sulfide) groups is 1. The van der Waals surface area contributed by atoms with E-state index in [-0.39, 0.29) is 0 Å². The van der Waals surface area contributed by atoms with Gasteiger partial charge in [0.15, 0.2) is 5.82 Å². The van der Waals surface area contributed by atoms with Crippen LogP contribution in [0.5, 0.6) is 0 Å². The molecule has 2 nitrogen and oxygen atoms in total. The van der Waals surface area contributed by atoms with Gasteiger partial charge in [-0.1, -0.05) is 41.4 Å². The normalized spacial score (nSPS) is 10.7. The largest absolute Gasteiger partial charge is 0.233 e. The molecule has 2 aromatic carbocycles. The average molecular weight is 341 g/mol. The lowest BCUT2D eigenvalue weighted by Crippen LogP contribution is -1.94. The molecule has 0 radical (unpaired) electrons. The quantitative estimate of drug-likeness (QED) is 0.449. The van der Waals surface area contributed by atoms with Gasteiger partial charge in [-0.3, -0.25) is 0 Å². The predicted octanol–water partition coefficient (Wildman–Crippen LogP) is 5.71. The Hall–Kier alpha value is -1.84. The van der Waals surface area contributed by atoms with Gasteiger partial charge in [0, 0.05) is 22.0 Å². The smallest absolute Gasteiger partial charge is 0.160 e. The lowest BCUT2D eigenvalue weighted by molar-refractivity contribution is 1.02. The zero-order chi connectivity index (χ0) is 16.2. The summed E-state index contributed by atoms with van der Waals surface area (Å²) in [6.45, 7) is 4.11. The highest BCUT2D eigenvalue weighted by Crippen LogP contribution is 2.25. The van der Waals surface area contributed by atoms with E-state index in [1.54, 1.807) is 11.8 Å². The van der Waals surface area contributed by atoms with Crippen LogP contribution >= 0.6 is 23.4 Å². The fourth-order valence-electron chi connectivity index (χ4n) is 2.30. The molecule has 0 aliphatic heterocycles. The molecular formula is C19H17ClN2S. The van der Waals surface area contributed by atoms with Crippen molar-refractivity contribution in [1.82, 2.24) is 9.97 Å². The van der Waals surface area contributed by atoms with Crippen LogP contribution in [0.4, 0.5) is 0 Å². The number of rotatable bonds is 4. The molecule has 0 aliphatic rings. The summed E-state index contributed by atoms with van der Waals surface area (Å²) in [5.41, 5.74) is 4.54. The maximum absolute atomic E-state index is 5.95. The highest BCUT2D eigenvalue weighted by atomic mass is 35.5. The van der Waals surface area contributed by atoms with Gasteiger partial charge in [0.2, 0.25) is 0 Å². The summed E-state index contributed by atoms with van der Waals surface area (Å²) in [5, 5.41) is 1.71. The second kappa shape index (κ2) is 7.16. The molecule has 0 N–H and O–H groups in total. The van der Waals surface area contributed by atoms with Crippen molar-refractivity contribution in [2.75, 3.05) is 0 Å². The molecule has 0 atom stereocenters. The van der Waals surface area contributed by atoms with Crippen molar-refractivity contribution in [1.29, 1.82) is 0 Å². The summed E-state index contributed by atoms with van der Waals surface area (Å²) < 4.78 is 0. The summed E-state index contributed by atoms with van der Waals surface area (Å²) in [4.78, 5) is 9.22. The molecule has 0 amide bonds. The van der Waals surface area contributed by atoms with E-state index in [0.717, 1.165) is 32.9 Å². The molecule has 0 bridgehead atoms. The Morgan fingerprint density at radius 2 is 1.74 bits per heavy atom. The van der Waals surface area contributed by atoms with Crippen molar-refractivity contribution in [3.63, 3.8) is 0 Å². The van der Waals surface area contributed by atoms with Crippen LogP contribution in [0.3, 0.4) is 0 Å². The highest BCUT2D eigenvalue weighted by Gasteiger charge is 2.06. The number of halogens is 1. The summed E-state index contributed by atoms with van der Waals surface area (Å²) in [7, 11) is 0. The topological polar surface area (TPSA) is 25.8 Å². The van der Waals surface area contributed by atoms with Crippen molar-refractivity contribution in [3.05, 3.63) is 76.4 Å². The third-order valence-electron chi connectivity index (χ3n) is 3.40. The molecule has 116 valence electrons. The van der Waals surface area contributed by atoms with Gasteiger partial charge in [-0.05, 0) is 49.7 Å². The van der Waals surface area contributed by atoms with E-state index in [1.165, 1.54) is 11.1 Å². The van der Waals surface area contributed by atoms with Crippen molar-refractivity contribution < 1.29 is 0 Å². The number of hydrogen-bond acceptors (Lipinski definition) is 3. The molecule has 3 aromatic rings. The standard InChI is InChI=1S/C19H17ClN2S/c1-13-4-3-5-15(10-13)12-23-18-11-14(2)21-19(22-18)16-6-8-17(20)9-7-16/h3-11H,12H2,1-2H3. The minimum atomic E-state index is 0.718. The summed E-state index contributed by atoms with van der Waals surface area (Å²) in [6, 6.07) is 18.2. The molecule has 0 spiro atoms. The zero-order valence-electron chi connectivity index (χ0n) is 13.1. The fraction of sp³-hybridized carbons (Fsp3) is 0.158. The van der Waals surface area contributed by atoms with Gasteiger partial charge in [-0.2, -0.15) is 0 Å². The van der Waals surface area contributed by atoms with E-state index in [2.05, 4.69) is 41.2 Å². The first-order valence-corrected chi connectivity index (χ1v) is 8.76. The molecular weight excluding hydrogens is 324 g/mol. The van der Waals surface area contributed by atoms with E-state index >= 15 is 0 Å². The SMILES string of the molecule is Cc1cccc(CSc2cc(C)nc(-c3ccc(Cl)cc3)n2)c1. The maximum Gasteiger partial charge on any atom is 0.160 e. The van der Waals surface area contributed by atoms with Crippen LogP contribution < -0.4 is 0 Å². The van der Waals surface area contributed by atoms with Gasteiger partial charge in [-0.25, -0.2) is 9.97 Å². The Bertz CT molecular complexity index is 816. The third kappa shape index (κ3) is 4.34. The molecule has 0 saturated carbocycles. The van der Waals surface area contributed by atoms with Crippen LogP contribution in [0.25, 0.3) is 11.4 Å². The molecule has 0 aliphatic carbocycles. The van der Waals surface area contributed by atoms with Crippen LogP contribution in [0, 0.1) is 13.8 Å². The van der Waals surface area contributed by atoms with E-state index in [1.807, 2.05) is 37.3 Å². The molecule has 0 unspecified atom stereocenters. The highest BCUT2D eigenvalue weighted by molar-refractivity contribution is 7.98. The molecule has 0 fully saturated rings. The molecule has 1 heterocycles. The second-order valence-corrected chi connectivity index (χ2v) is 6.89. The molecule has 23 heavy (non-hydrogen) atoms. The van der Waals surface area contributed by atoms with E-state index in [4.69, 9.17) is 11.6 Å². The Kier molecular flexibility index (Phi) is 4.99. The van der Waals surface area contributed by atoms with Gasteiger partial charge in [-0.15, -0.1) is 11.8 Å². The Morgan fingerprint density at radius 1 is 0.957 bits per heavy atom. The van der Waals surface area contributed by atoms with Gasteiger partial charge in [0.05, 0.1) is 0 Å². The number of benzene rings is 2. The zero-order valence-corrected chi connectivity index (χ0v) is 14.7. The van der Waals surface area contributed by atoms with E-state index < -0.39 is 0 Å². The van der Waals surface area contributed by atoms with Gasteiger partial charge < -0.3 is 0 Å². The van der Waals surface area contributed by atoms with Gasteiger partial charge in [0.1, 0.15) is 5.03 Å². The van der Waals surface area contributed by atoms with Crippen molar-refractivity contribution in [3.8, 4) is 11.4 Å². The van der Waals surface area contributed by atoms with Crippen molar-refractivity contribution in [2.45, 2.75) is 24.6 Å².